The van der Waals surface area contributed by atoms with E-state index in [0.29, 0.717) is 0 Å². The van der Waals surface area contributed by atoms with Crippen LogP contribution >= 0.6 is 0 Å². The van der Waals surface area contributed by atoms with E-state index in [9.17, 15) is 9.59 Å². The largest absolute Gasteiger partial charge is 0.477 e. The summed E-state index contributed by atoms with van der Waals surface area (Å²) in [6.45, 7) is 8.44. The molecule has 1 atom stereocenters. The molecule has 5 nitrogen and oxygen atoms in total. The van der Waals surface area contributed by atoms with Gasteiger partial charge in [-0.3, -0.25) is 0 Å². The van der Waals surface area contributed by atoms with Crippen molar-refractivity contribution in [3.63, 3.8) is 0 Å². The summed E-state index contributed by atoms with van der Waals surface area (Å²) < 4.78 is 6.49. The van der Waals surface area contributed by atoms with Crippen molar-refractivity contribution in [1.29, 1.82) is 0 Å². The first-order valence-corrected chi connectivity index (χ1v) is 12.0. The Morgan fingerprint density at radius 2 is 1.42 bits per heavy atom. The first kappa shape index (κ1) is 24.2. The molecule has 0 spiro atoms. The number of aromatic nitrogens is 1. The molecule has 1 N–H and O–H groups in total. The molecule has 31 heavy (non-hydrogen) atoms. The number of carbonyl (C=O) groups excluding carboxylic acids is 1. The number of carboxylic acids is 1. The van der Waals surface area contributed by atoms with E-state index >= 15 is 0 Å². The molecule has 0 radical (unpaired) electrons. The van der Waals surface area contributed by atoms with Gasteiger partial charge in [-0.25, -0.2) is 9.78 Å². The minimum atomic E-state index is -2.56. The highest BCUT2D eigenvalue weighted by atomic mass is 28.4. The SMILES string of the molecule is C[C@H](C=O)O[Si](c1ccccc1)(c1ccccc1)C(C)(C)C.O=C(O)c1ccccn1. The molecule has 0 aliphatic rings. The highest BCUT2D eigenvalue weighted by molar-refractivity contribution is 6.99. The van der Waals surface area contributed by atoms with Crippen LogP contribution in [0.2, 0.25) is 5.04 Å². The fraction of sp³-hybridized carbons (Fsp3) is 0.240. The van der Waals surface area contributed by atoms with Gasteiger partial charge in [-0.1, -0.05) is 87.5 Å². The molecule has 0 amide bonds. The van der Waals surface area contributed by atoms with E-state index in [2.05, 4.69) is 50.0 Å². The van der Waals surface area contributed by atoms with E-state index in [4.69, 9.17) is 9.53 Å². The fourth-order valence-electron chi connectivity index (χ4n) is 3.49. The third kappa shape index (κ3) is 5.96. The number of nitrogens with zero attached hydrogens (tertiary/aromatic N) is 1. The maximum atomic E-state index is 11.3. The van der Waals surface area contributed by atoms with Gasteiger partial charge in [0.25, 0.3) is 8.32 Å². The molecule has 0 fully saturated rings. The van der Waals surface area contributed by atoms with Crippen LogP contribution in [0.3, 0.4) is 0 Å². The number of aromatic carboxylic acids is 1. The number of rotatable bonds is 6. The van der Waals surface area contributed by atoms with Gasteiger partial charge in [0.1, 0.15) is 12.0 Å². The van der Waals surface area contributed by atoms with Crippen molar-refractivity contribution in [2.45, 2.75) is 38.8 Å². The smallest absolute Gasteiger partial charge is 0.354 e. The molecule has 162 valence electrons. The van der Waals surface area contributed by atoms with Crippen LogP contribution in [0.5, 0.6) is 0 Å². The molecule has 0 saturated carbocycles. The maximum absolute atomic E-state index is 11.3. The van der Waals surface area contributed by atoms with Crippen molar-refractivity contribution in [3.05, 3.63) is 90.8 Å². The Labute approximate surface area is 184 Å². The van der Waals surface area contributed by atoms with Crippen LogP contribution in [0.1, 0.15) is 38.2 Å². The quantitative estimate of drug-likeness (QED) is 0.469. The van der Waals surface area contributed by atoms with Crippen LogP contribution in [-0.4, -0.2) is 36.8 Å². The van der Waals surface area contributed by atoms with Gasteiger partial charge in [-0.05, 0) is 34.5 Å². The Morgan fingerprint density at radius 1 is 0.935 bits per heavy atom. The Hall–Kier alpha value is -3.09. The van der Waals surface area contributed by atoms with Crippen molar-refractivity contribution in [3.8, 4) is 0 Å². The number of pyridine rings is 1. The third-order valence-corrected chi connectivity index (χ3v) is 9.99. The zero-order chi connectivity index (χ0) is 22.9. The normalized spacial score (nSPS) is 12.3. The summed E-state index contributed by atoms with van der Waals surface area (Å²) >= 11 is 0. The molecule has 6 heteroatoms. The second kappa shape index (κ2) is 10.8. The highest BCUT2D eigenvalue weighted by Crippen LogP contribution is 2.37. The summed E-state index contributed by atoms with van der Waals surface area (Å²) in [6, 6.07) is 25.5. The number of aldehydes is 1. The van der Waals surface area contributed by atoms with Gasteiger partial charge in [0, 0.05) is 6.20 Å². The van der Waals surface area contributed by atoms with Gasteiger partial charge in [-0.15, -0.1) is 0 Å². The van der Waals surface area contributed by atoms with Crippen LogP contribution in [0, 0.1) is 0 Å². The van der Waals surface area contributed by atoms with E-state index in [1.165, 1.54) is 22.6 Å². The average Bonchev–Trinajstić information content (AvgIpc) is 2.78. The number of hydrogen-bond acceptors (Lipinski definition) is 4. The molecular weight excluding hydrogens is 406 g/mol. The lowest BCUT2D eigenvalue weighted by atomic mass is 10.2. The summed E-state index contributed by atoms with van der Waals surface area (Å²) in [5.41, 5.74) is 0.0810. The molecular formula is C25H29NO4Si. The minimum absolute atomic E-state index is 0.0810. The van der Waals surface area contributed by atoms with Crippen LogP contribution in [-0.2, 0) is 9.22 Å². The summed E-state index contributed by atoms with van der Waals surface area (Å²) in [6.07, 6.45) is 1.91. The van der Waals surface area contributed by atoms with Crippen LogP contribution < -0.4 is 10.4 Å². The maximum Gasteiger partial charge on any atom is 0.354 e. The molecule has 3 rings (SSSR count). The summed E-state index contributed by atoms with van der Waals surface area (Å²) in [5, 5.41) is 10.6. The first-order valence-electron chi connectivity index (χ1n) is 10.1. The number of carbonyl (C=O) groups is 2. The Morgan fingerprint density at radius 3 is 1.74 bits per heavy atom. The van der Waals surface area contributed by atoms with Gasteiger partial charge >= 0.3 is 5.97 Å². The minimum Gasteiger partial charge on any atom is -0.477 e. The van der Waals surface area contributed by atoms with E-state index in [1.807, 2.05) is 43.3 Å². The van der Waals surface area contributed by atoms with Gasteiger partial charge in [-0.2, -0.15) is 0 Å². The first-order chi connectivity index (χ1) is 14.7. The van der Waals surface area contributed by atoms with Gasteiger partial charge in [0.2, 0.25) is 0 Å². The predicted molar refractivity (Wildman–Crippen MR) is 125 cm³/mol. The van der Waals surface area contributed by atoms with Crippen molar-refractivity contribution >= 4 is 30.9 Å². The second-order valence-corrected chi connectivity index (χ2v) is 12.4. The topological polar surface area (TPSA) is 76.5 Å². The van der Waals surface area contributed by atoms with Crippen molar-refractivity contribution in [2.75, 3.05) is 0 Å². The van der Waals surface area contributed by atoms with E-state index < -0.39 is 20.4 Å². The molecule has 1 aromatic heterocycles. The lowest BCUT2D eigenvalue weighted by Crippen LogP contribution is -2.67. The van der Waals surface area contributed by atoms with Crippen molar-refractivity contribution < 1.29 is 19.1 Å². The molecule has 0 saturated heterocycles. The number of benzene rings is 2. The zero-order valence-corrected chi connectivity index (χ0v) is 19.4. The fourth-order valence-corrected chi connectivity index (χ4v) is 8.12. The van der Waals surface area contributed by atoms with Crippen molar-refractivity contribution in [2.24, 2.45) is 0 Å². The van der Waals surface area contributed by atoms with E-state index in [-0.39, 0.29) is 10.7 Å². The molecule has 0 unspecified atom stereocenters. The Balaban J connectivity index is 0.000000316. The second-order valence-electron chi connectivity index (χ2n) is 8.14. The Kier molecular flexibility index (Phi) is 8.42. The van der Waals surface area contributed by atoms with Crippen LogP contribution in [0.15, 0.2) is 85.1 Å². The third-order valence-electron chi connectivity index (χ3n) is 4.86. The van der Waals surface area contributed by atoms with Crippen LogP contribution in [0.25, 0.3) is 0 Å². The van der Waals surface area contributed by atoms with Gasteiger partial charge in [0.05, 0.1) is 6.10 Å². The molecule has 0 aliphatic heterocycles. The predicted octanol–water partition coefficient (Wildman–Crippen LogP) is 3.93. The summed E-state index contributed by atoms with van der Waals surface area (Å²) in [4.78, 5) is 25.0. The summed E-state index contributed by atoms with van der Waals surface area (Å²) in [7, 11) is -2.56. The van der Waals surface area contributed by atoms with E-state index in [0.717, 1.165) is 6.29 Å². The lowest BCUT2D eigenvalue weighted by molar-refractivity contribution is -0.113. The average molecular weight is 436 g/mol. The van der Waals surface area contributed by atoms with Crippen molar-refractivity contribution in [1.82, 2.24) is 4.98 Å². The number of hydrogen-bond donors (Lipinski definition) is 1. The molecule has 0 aliphatic carbocycles. The Bertz CT molecular complexity index is 918. The van der Waals surface area contributed by atoms with Crippen LogP contribution in [0.4, 0.5) is 0 Å². The molecule has 1 heterocycles. The van der Waals surface area contributed by atoms with Gasteiger partial charge in [0.15, 0.2) is 0 Å². The van der Waals surface area contributed by atoms with E-state index in [1.54, 1.807) is 12.1 Å². The highest BCUT2D eigenvalue weighted by Gasteiger charge is 2.50. The lowest BCUT2D eigenvalue weighted by Gasteiger charge is -2.43. The van der Waals surface area contributed by atoms with Gasteiger partial charge < -0.3 is 14.3 Å². The number of carboxylic acid groups (broad SMARTS) is 1. The molecule has 3 aromatic rings. The molecule has 0 bridgehead atoms. The summed E-state index contributed by atoms with van der Waals surface area (Å²) in [5.74, 6) is -0.990. The zero-order valence-electron chi connectivity index (χ0n) is 18.4. The monoisotopic (exact) mass is 435 g/mol. The standard InChI is InChI=1S/C19H24O2Si.C6H5NO2/c1-16(15-20)21-22(19(2,3)4,17-11-7-5-8-12-17)18-13-9-6-10-14-18;8-6(9)5-3-1-2-4-7-5/h5-16H,1-4H3;1-4H,(H,8,9)/t16-;/m1./s1. The molecule has 2 aromatic carbocycles.